The highest BCUT2D eigenvalue weighted by Crippen LogP contribution is 2.12. The van der Waals surface area contributed by atoms with E-state index in [0.717, 1.165) is 11.4 Å². The number of rotatable bonds is 1. The summed E-state index contributed by atoms with van der Waals surface area (Å²) in [5, 5.41) is 8.59. The van der Waals surface area contributed by atoms with Crippen LogP contribution in [0.2, 0.25) is 0 Å². The number of nitriles is 1. The zero-order valence-electron chi connectivity index (χ0n) is 7.38. The van der Waals surface area contributed by atoms with Gasteiger partial charge < -0.3 is 0 Å². The van der Waals surface area contributed by atoms with Crippen molar-refractivity contribution in [2.45, 2.75) is 0 Å². The Morgan fingerprint density at radius 1 is 1.00 bits per heavy atom. The fraction of sp³-hybridized carbons (Fsp3) is 0. The maximum atomic E-state index is 8.59. The number of nitrogens with zero attached hydrogens (tertiary/aromatic N) is 3. The highest BCUT2D eigenvalue weighted by atomic mass is 14.8. The van der Waals surface area contributed by atoms with Crippen molar-refractivity contribution in [3.05, 3.63) is 48.3 Å². The van der Waals surface area contributed by atoms with E-state index in [0.29, 0.717) is 5.56 Å². The average Bonchev–Trinajstić information content (AvgIpc) is 2.30. The van der Waals surface area contributed by atoms with Gasteiger partial charge in [-0.25, -0.2) is 0 Å². The molecule has 0 unspecified atom stereocenters. The van der Waals surface area contributed by atoms with Crippen molar-refractivity contribution in [3.63, 3.8) is 0 Å². The van der Waals surface area contributed by atoms with E-state index in [1.54, 1.807) is 24.5 Å². The topological polar surface area (TPSA) is 49.6 Å². The van der Waals surface area contributed by atoms with Crippen LogP contribution in [-0.4, -0.2) is 9.97 Å². The van der Waals surface area contributed by atoms with Crippen LogP contribution in [0.1, 0.15) is 5.56 Å². The van der Waals surface area contributed by atoms with Gasteiger partial charge in [-0.1, -0.05) is 6.07 Å². The number of hydrogen-bond donors (Lipinski definition) is 0. The predicted molar refractivity (Wildman–Crippen MR) is 52.2 cm³/mol. The molecule has 0 aromatic carbocycles. The van der Waals surface area contributed by atoms with Crippen molar-refractivity contribution >= 4 is 0 Å². The largest absolute Gasteiger partial charge is 0.255 e. The molecule has 0 aliphatic rings. The average molecular weight is 181 g/mol. The van der Waals surface area contributed by atoms with Crippen LogP contribution in [0.25, 0.3) is 11.4 Å². The van der Waals surface area contributed by atoms with Crippen LogP contribution < -0.4 is 0 Å². The van der Waals surface area contributed by atoms with Crippen LogP contribution in [0, 0.1) is 11.3 Å². The Bertz CT molecular complexity index is 454. The zero-order valence-corrected chi connectivity index (χ0v) is 7.38. The van der Waals surface area contributed by atoms with Gasteiger partial charge in [-0.05, 0) is 24.3 Å². The summed E-state index contributed by atoms with van der Waals surface area (Å²) in [6.45, 7) is 0. The quantitative estimate of drug-likeness (QED) is 0.676. The summed E-state index contributed by atoms with van der Waals surface area (Å²) in [6, 6.07) is 11.2. The summed E-state index contributed by atoms with van der Waals surface area (Å²) in [6.07, 6.45) is 3.26. The SMILES string of the molecule is N#Cc1ccc(-c2ccccn2)nc1. The first-order chi connectivity index (χ1) is 6.90. The minimum atomic E-state index is 0.560. The van der Waals surface area contributed by atoms with Crippen molar-refractivity contribution in [3.8, 4) is 17.5 Å². The highest BCUT2D eigenvalue weighted by Gasteiger charge is 1.98. The normalized spacial score (nSPS) is 9.36. The molecule has 66 valence electrons. The van der Waals surface area contributed by atoms with E-state index in [9.17, 15) is 0 Å². The van der Waals surface area contributed by atoms with Crippen LogP contribution in [0.4, 0.5) is 0 Å². The molecule has 0 radical (unpaired) electrons. The molecule has 2 aromatic heterocycles. The standard InChI is InChI=1S/C11H7N3/c12-7-9-4-5-11(14-8-9)10-3-1-2-6-13-10/h1-6,8H. The van der Waals surface area contributed by atoms with Crippen LogP contribution >= 0.6 is 0 Å². The number of pyridine rings is 2. The van der Waals surface area contributed by atoms with Crippen molar-refractivity contribution in [1.29, 1.82) is 5.26 Å². The van der Waals surface area contributed by atoms with Gasteiger partial charge in [-0.15, -0.1) is 0 Å². The molecule has 14 heavy (non-hydrogen) atoms. The summed E-state index contributed by atoms with van der Waals surface area (Å²) in [7, 11) is 0. The van der Waals surface area contributed by atoms with Gasteiger partial charge in [-0.3, -0.25) is 9.97 Å². The smallest absolute Gasteiger partial charge is 0.101 e. The van der Waals surface area contributed by atoms with Gasteiger partial charge in [-0.2, -0.15) is 5.26 Å². The molecule has 2 aromatic rings. The second-order valence-electron chi connectivity index (χ2n) is 2.76. The highest BCUT2D eigenvalue weighted by molar-refractivity contribution is 5.54. The maximum absolute atomic E-state index is 8.59. The Morgan fingerprint density at radius 2 is 1.86 bits per heavy atom. The molecule has 3 heteroatoms. The van der Waals surface area contributed by atoms with E-state index >= 15 is 0 Å². The fourth-order valence-corrected chi connectivity index (χ4v) is 1.13. The molecule has 0 N–H and O–H groups in total. The van der Waals surface area contributed by atoms with Crippen molar-refractivity contribution in [2.75, 3.05) is 0 Å². The molecule has 0 atom stereocenters. The summed E-state index contributed by atoms with van der Waals surface area (Å²) < 4.78 is 0. The zero-order chi connectivity index (χ0) is 9.80. The first-order valence-electron chi connectivity index (χ1n) is 4.18. The molecule has 3 nitrogen and oxygen atoms in total. The van der Waals surface area contributed by atoms with Gasteiger partial charge in [0.05, 0.1) is 17.0 Å². The van der Waals surface area contributed by atoms with E-state index < -0.39 is 0 Å². The molecule has 0 saturated carbocycles. The molecular formula is C11H7N3. The van der Waals surface area contributed by atoms with Gasteiger partial charge >= 0.3 is 0 Å². The predicted octanol–water partition coefficient (Wildman–Crippen LogP) is 2.02. The van der Waals surface area contributed by atoms with E-state index in [1.807, 2.05) is 24.3 Å². The van der Waals surface area contributed by atoms with E-state index in [2.05, 4.69) is 9.97 Å². The molecule has 0 spiro atoms. The molecule has 2 rings (SSSR count). The summed E-state index contributed by atoms with van der Waals surface area (Å²) >= 11 is 0. The van der Waals surface area contributed by atoms with Crippen LogP contribution in [0.5, 0.6) is 0 Å². The molecule has 0 aliphatic carbocycles. The van der Waals surface area contributed by atoms with Gasteiger partial charge in [0.25, 0.3) is 0 Å². The summed E-state index contributed by atoms with van der Waals surface area (Å²) in [5.74, 6) is 0. The Morgan fingerprint density at radius 3 is 2.43 bits per heavy atom. The Labute approximate surface area is 81.7 Å². The monoisotopic (exact) mass is 181 g/mol. The minimum Gasteiger partial charge on any atom is -0.255 e. The van der Waals surface area contributed by atoms with Gasteiger partial charge in [0, 0.05) is 12.4 Å². The third-order valence-electron chi connectivity index (χ3n) is 1.82. The Kier molecular flexibility index (Phi) is 2.20. The minimum absolute atomic E-state index is 0.560. The fourth-order valence-electron chi connectivity index (χ4n) is 1.13. The molecular weight excluding hydrogens is 174 g/mol. The van der Waals surface area contributed by atoms with E-state index in [-0.39, 0.29) is 0 Å². The Balaban J connectivity index is 2.40. The van der Waals surface area contributed by atoms with Crippen molar-refractivity contribution in [2.24, 2.45) is 0 Å². The number of aromatic nitrogens is 2. The lowest BCUT2D eigenvalue weighted by Crippen LogP contribution is -1.86. The molecule has 0 fully saturated rings. The third kappa shape index (κ3) is 1.59. The molecule has 2 heterocycles. The molecule has 0 aliphatic heterocycles. The lowest BCUT2D eigenvalue weighted by atomic mass is 10.2. The van der Waals surface area contributed by atoms with E-state index in [4.69, 9.17) is 5.26 Å². The van der Waals surface area contributed by atoms with E-state index in [1.165, 1.54) is 0 Å². The lowest BCUT2D eigenvalue weighted by Gasteiger charge is -1.97. The maximum Gasteiger partial charge on any atom is 0.101 e. The summed E-state index contributed by atoms with van der Waals surface area (Å²) in [5.41, 5.74) is 2.16. The first-order valence-corrected chi connectivity index (χ1v) is 4.18. The van der Waals surface area contributed by atoms with Gasteiger partial charge in [0.15, 0.2) is 0 Å². The third-order valence-corrected chi connectivity index (χ3v) is 1.82. The molecule has 0 bridgehead atoms. The van der Waals surface area contributed by atoms with Gasteiger partial charge in [0.1, 0.15) is 6.07 Å². The lowest BCUT2D eigenvalue weighted by molar-refractivity contribution is 1.24. The van der Waals surface area contributed by atoms with Crippen molar-refractivity contribution in [1.82, 2.24) is 9.97 Å². The number of hydrogen-bond acceptors (Lipinski definition) is 3. The first kappa shape index (κ1) is 8.39. The van der Waals surface area contributed by atoms with Crippen LogP contribution in [0.15, 0.2) is 42.7 Å². The second-order valence-corrected chi connectivity index (χ2v) is 2.76. The van der Waals surface area contributed by atoms with Gasteiger partial charge in [0.2, 0.25) is 0 Å². The van der Waals surface area contributed by atoms with Crippen LogP contribution in [0.3, 0.4) is 0 Å². The Hall–Kier alpha value is -2.21. The molecule has 0 saturated heterocycles. The van der Waals surface area contributed by atoms with Crippen LogP contribution in [-0.2, 0) is 0 Å². The summed E-state index contributed by atoms with van der Waals surface area (Å²) in [4.78, 5) is 8.29. The second kappa shape index (κ2) is 3.67. The van der Waals surface area contributed by atoms with Crippen molar-refractivity contribution < 1.29 is 0 Å². The molecule has 0 amide bonds.